The third kappa shape index (κ3) is 3.59. The Kier molecular flexibility index (Phi) is 5.73. The molecule has 6 nitrogen and oxygen atoms in total. The maximum absolute atomic E-state index is 14.4. The molecule has 1 spiro atoms. The Labute approximate surface area is 224 Å². The van der Waals surface area contributed by atoms with Crippen LogP contribution in [0.4, 0.5) is 17.1 Å². The topological polar surface area (TPSA) is 48.4 Å². The molecule has 0 bridgehead atoms. The molecular formula is C28H26BrClN4O2. The molecule has 0 unspecified atom stereocenters. The first-order valence-corrected chi connectivity index (χ1v) is 13.2. The van der Waals surface area contributed by atoms with Gasteiger partial charge < -0.3 is 14.5 Å². The van der Waals surface area contributed by atoms with Gasteiger partial charge in [0.25, 0.3) is 5.91 Å². The number of fused-ring (bicyclic) bond motifs is 4. The molecule has 0 radical (unpaired) electrons. The molecule has 0 N–H and O–H groups in total. The number of anilines is 3. The molecule has 3 aliphatic heterocycles. The third-order valence-electron chi connectivity index (χ3n) is 7.75. The maximum Gasteiger partial charge on any atom is 0.261 e. The molecule has 1 amide bonds. The molecule has 3 heterocycles. The number of hydrazone groups is 1. The number of carbonyl (C=O) groups excluding carboxylic acids is 1. The second-order valence-corrected chi connectivity index (χ2v) is 10.9. The Morgan fingerprint density at radius 3 is 2.47 bits per heavy atom. The second kappa shape index (κ2) is 8.82. The normalized spacial score (nSPS) is 23.0. The number of hydrogen-bond acceptors (Lipinski definition) is 5. The van der Waals surface area contributed by atoms with Crippen LogP contribution in [0.5, 0.6) is 5.75 Å². The van der Waals surface area contributed by atoms with Crippen LogP contribution in [0.15, 0.2) is 76.3 Å². The number of ether oxygens (including phenoxy) is 1. The lowest BCUT2D eigenvalue weighted by molar-refractivity contribution is -0.125. The lowest BCUT2D eigenvalue weighted by atomic mass is 9.67. The molecule has 0 aliphatic carbocycles. The first-order chi connectivity index (χ1) is 17.4. The zero-order valence-corrected chi connectivity index (χ0v) is 22.5. The van der Waals surface area contributed by atoms with Crippen molar-refractivity contribution in [1.82, 2.24) is 0 Å². The van der Waals surface area contributed by atoms with Crippen molar-refractivity contribution < 1.29 is 9.53 Å². The number of amides is 1. The molecule has 2 atom stereocenters. The fourth-order valence-electron chi connectivity index (χ4n) is 5.89. The molecule has 6 rings (SSSR count). The van der Waals surface area contributed by atoms with Gasteiger partial charge in [-0.05, 0) is 85.6 Å². The van der Waals surface area contributed by atoms with Gasteiger partial charge >= 0.3 is 0 Å². The summed E-state index contributed by atoms with van der Waals surface area (Å²) in [5.74, 6) is 0.845. The number of hydrogen-bond donors (Lipinski definition) is 0. The Morgan fingerprint density at radius 1 is 1.03 bits per heavy atom. The summed E-state index contributed by atoms with van der Waals surface area (Å²) in [5.41, 5.74) is 4.31. The van der Waals surface area contributed by atoms with Gasteiger partial charge in [0.2, 0.25) is 0 Å². The molecule has 1 saturated heterocycles. The van der Waals surface area contributed by atoms with Gasteiger partial charge in [0.1, 0.15) is 11.2 Å². The van der Waals surface area contributed by atoms with Gasteiger partial charge in [-0.25, -0.2) is 0 Å². The number of nitrogens with zero attached hydrogens (tertiary/aromatic N) is 4. The van der Waals surface area contributed by atoms with Crippen LogP contribution in [0.2, 0.25) is 5.02 Å². The highest BCUT2D eigenvalue weighted by Gasteiger charge is 2.60. The monoisotopic (exact) mass is 564 g/mol. The predicted molar refractivity (Wildman–Crippen MR) is 149 cm³/mol. The molecule has 0 aromatic heterocycles. The van der Waals surface area contributed by atoms with Gasteiger partial charge in [-0.2, -0.15) is 10.1 Å². The average Bonchev–Trinajstić information content (AvgIpc) is 3.14. The summed E-state index contributed by atoms with van der Waals surface area (Å²) in [5, 5.41) is 7.04. The van der Waals surface area contributed by atoms with Crippen molar-refractivity contribution in [3.8, 4) is 5.75 Å². The van der Waals surface area contributed by atoms with Crippen LogP contribution in [0.3, 0.4) is 0 Å². The van der Waals surface area contributed by atoms with Crippen molar-refractivity contribution in [2.24, 2.45) is 10.5 Å². The minimum atomic E-state index is -0.765. The van der Waals surface area contributed by atoms with E-state index in [1.54, 1.807) is 24.3 Å². The molecule has 184 valence electrons. The van der Waals surface area contributed by atoms with Crippen LogP contribution in [0, 0.1) is 5.41 Å². The van der Waals surface area contributed by atoms with Crippen molar-refractivity contribution in [3.63, 3.8) is 0 Å². The van der Waals surface area contributed by atoms with Crippen molar-refractivity contribution >= 4 is 56.2 Å². The summed E-state index contributed by atoms with van der Waals surface area (Å²) >= 11 is 9.76. The molecule has 8 heteroatoms. The van der Waals surface area contributed by atoms with Crippen LogP contribution >= 0.6 is 27.5 Å². The number of benzene rings is 3. The van der Waals surface area contributed by atoms with Crippen molar-refractivity contribution in [2.75, 3.05) is 41.6 Å². The average molecular weight is 566 g/mol. The van der Waals surface area contributed by atoms with E-state index in [1.165, 1.54) is 11.3 Å². The lowest BCUT2D eigenvalue weighted by Crippen LogP contribution is -2.67. The van der Waals surface area contributed by atoms with E-state index in [0.29, 0.717) is 11.4 Å². The fourth-order valence-corrected chi connectivity index (χ4v) is 6.42. The Hall–Kier alpha value is -3.03. The summed E-state index contributed by atoms with van der Waals surface area (Å²) in [4.78, 5) is 19.2. The summed E-state index contributed by atoms with van der Waals surface area (Å²) < 4.78 is 6.37. The zero-order valence-electron chi connectivity index (χ0n) is 20.1. The van der Waals surface area contributed by atoms with E-state index in [9.17, 15) is 4.79 Å². The molecule has 3 aliphatic rings. The fraction of sp³-hybridized carbons (Fsp3) is 0.286. The largest absolute Gasteiger partial charge is 0.497 e. The molecule has 0 saturated carbocycles. The van der Waals surface area contributed by atoms with E-state index in [1.807, 2.05) is 31.2 Å². The van der Waals surface area contributed by atoms with Gasteiger partial charge in [-0.1, -0.05) is 27.5 Å². The Morgan fingerprint density at radius 2 is 1.75 bits per heavy atom. The van der Waals surface area contributed by atoms with E-state index in [0.717, 1.165) is 46.9 Å². The van der Waals surface area contributed by atoms with Gasteiger partial charge in [-0.15, -0.1) is 0 Å². The van der Waals surface area contributed by atoms with E-state index >= 15 is 0 Å². The molecular weight excluding hydrogens is 540 g/mol. The minimum Gasteiger partial charge on any atom is -0.497 e. The first kappa shape index (κ1) is 23.4. The van der Waals surface area contributed by atoms with Crippen molar-refractivity contribution in [1.29, 1.82) is 0 Å². The number of rotatable bonds is 3. The molecule has 36 heavy (non-hydrogen) atoms. The molecule has 3 aromatic rings. The van der Waals surface area contributed by atoms with E-state index in [4.69, 9.17) is 21.4 Å². The molecule has 1 fully saturated rings. The quantitative estimate of drug-likeness (QED) is 0.405. The van der Waals surface area contributed by atoms with Gasteiger partial charge in [0.05, 0.1) is 24.6 Å². The van der Waals surface area contributed by atoms with Crippen LogP contribution < -0.4 is 19.5 Å². The lowest BCUT2D eigenvalue weighted by Gasteiger charge is -2.53. The summed E-state index contributed by atoms with van der Waals surface area (Å²) in [6.45, 7) is 4.39. The minimum absolute atomic E-state index is 0.0135. The number of halogens is 2. The second-order valence-electron chi connectivity index (χ2n) is 9.55. The standard InChI is InChI=1S/C28H26BrClN4O2/c1-18-28(27(35)34(31-18)23-6-4-21(30)5-7-23)16-19-15-20(29)3-12-25(19)33-14-13-32(17-26(28)33)22-8-10-24(36-2)11-9-22/h3-12,15,26H,13-14,16-17H2,1-2H3/t26-,28+/m0/s1. The summed E-state index contributed by atoms with van der Waals surface area (Å²) in [6, 6.07) is 21.8. The van der Waals surface area contributed by atoms with Crippen LogP contribution in [0.1, 0.15) is 12.5 Å². The highest BCUT2D eigenvalue weighted by Crippen LogP contribution is 2.49. The van der Waals surface area contributed by atoms with Crippen molar-refractivity contribution in [2.45, 2.75) is 19.4 Å². The highest BCUT2D eigenvalue weighted by atomic mass is 79.9. The zero-order chi connectivity index (χ0) is 25.0. The first-order valence-electron chi connectivity index (χ1n) is 12.0. The van der Waals surface area contributed by atoms with Gasteiger partial charge in [-0.3, -0.25) is 4.79 Å². The Balaban J connectivity index is 1.43. The van der Waals surface area contributed by atoms with Gasteiger partial charge in [0.15, 0.2) is 0 Å². The van der Waals surface area contributed by atoms with Crippen LogP contribution in [-0.2, 0) is 11.2 Å². The predicted octanol–water partition coefficient (Wildman–Crippen LogP) is 5.77. The smallest absolute Gasteiger partial charge is 0.261 e. The SMILES string of the molecule is COc1ccc(N2CCN3c4ccc(Br)cc4C[C@]4(C(=O)N(c5ccc(Cl)cc5)N=C4C)[C@@H]3C2)cc1. The van der Waals surface area contributed by atoms with E-state index < -0.39 is 5.41 Å². The Bertz CT molecular complexity index is 1360. The van der Waals surface area contributed by atoms with E-state index in [2.05, 4.69) is 56.1 Å². The van der Waals surface area contributed by atoms with Crippen LogP contribution in [-0.4, -0.2) is 44.4 Å². The van der Waals surface area contributed by atoms with Gasteiger partial charge in [0, 0.05) is 40.5 Å². The highest BCUT2D eigenvalue weighted by molar-refractivity contribution is 9.10. The van der Waals surface area contributed by atoms with E-state index in [-0.39, 0.29) is 11.9 Å². The number of carbonyl (C=O) groups is 1. The maximum atomic E-state index is 14.4. The molecule has 3 aromatic carbocycles. The van der Waals surface area contributed by atoms with Crippen LogP contribution in [0.25, 0.3) is 0 Å². The summed E-state index contributed by atoms with van der Waals surface area (Å²) in [7, 11) is 1.68. The number of methoxy groups -OCH3 is 1. The number of piperazine rings is 1. The summed E-state index contributed by atoms with van der Waals surface area (Å²) in [6.07, 6.45) is 0.609. The van der Waals surface area contributed by atoms with Crippen molar-refractivity contribution in [3.05, 3.63) is 81.8 Å². The third-order valence-corrected chi connectivity index (χ3v) is 8.49.